The number of rotatable bonds is 2. The number of Topliss-reactive ketones (excluding diaryl/α,β-unsaturated/α-hetero) is 1. The van der Waals surface area contributed by atoms with E-state index in [1.165, 1.54) is 4.90 Å². The van der Waals surface area contributed by atoms with Crippen LogP contribution in [0.25, 0.3) is 10.8 Å². The summed E-state index contributed by atoms with van der Waals surface area (Å²) in [5.41, 5.74) is 1.78. The highest BCUT2D eigenvalue weighted by atomic mass is 16.5. The number of fused-ring (bicyclic) bond motifs is 2. The molecule has 0 saturated carbocycles. The van der Waals surface area contributed by atoms with Gasteiger partial charge in [-0.05, 0) is 41.8 Å². The zero-order valence-corrected chi connectivity index (χ0v) is 12.4. The molecule has 4 rings (SSSR count). The summed E-state index contributed by atoms with van der Waals surface area (Å²) in [6, 6.07) is 18.4. The van der Waals surface area contributed by atoms with Crippen molar-refractivity contribution in [2.75, 3.05) is 12.0 Å². The van der Waals surface area contributed by atoms with Gasteiger partial charge in [0.1, 0.15) is 5.75 Å². The number of ketones is 1. The molecule has 0 aromatic heterocycles. The number of nitrogens with zero attached hydrogens (tertiary/aromatic N) is 1. The van der Waals surface area contributed by atoms with E-state index in [-0.39, 0.29) is 0 Å². The number of carbonyl (C=O) groups excluding carboxylic acids is 2. The average molecular weight is 303 g/mol. The van der Waals surface area contributed by atoms with Crippen LogP contribution >= 0.6 is 0 Å². The predicted octanol–water partition coefficient (Wildman–Crippen LogP) is 3.71. The summed E-state index contributed by atoms with van der Waals surface area (Å²) in [5.74, 6) is -0.237. The third-order valence-corrected chi connectivity index (χ3v) is 4.09. The van der Waals surface area contributed by atoms with Gasteiger partial charge in [0.15, 0.2) is 0 Å². The van der Waals surface area contributed by atoms with Crippen molar-refractivity contribution in [3.8, 4) is 5.75 Å². The molecule has 0 spiro atoms. The molecule has 0 saturated heterocycles. The third kappa shape index (κ3) is 1.92. The minimum Gasteiger partial charge on any atom is -0.497 e. The molecule has 112 valence electrons. The quantitative estimate of drug-likeness (QED) is 0.678. The maximum atomic E-state index is 12.5. The minimum atomic E-state index is -0.519. The van der Waals surface area contributed by atoms with Crippen molar-refractivity contribution >= 4 is 33.8 Å². The highest BCUT2D eigenvalue weighted by Crippen LogP contribution is 2.39. The Labute approximate surface area is 132 Å². The molecule has 4 heteroatoms. The molecule has 0 N–H and O–H groups in total. The number of para-hydroxylation sites is 1. The minimum absolute atomic E-state index is 0.447. The average Bonchev–Trinajstić information content (AvgIpc) is 2.85. The molecule has 0 bridgehead atoms. The van der Waals surface area contributed by atoms with Gasteiger partial charge in [-0.15, -0.1) is 0 Å². The number of ether oxygens (including phenoxy) is 1. The number of carbonyl (C=O) groups is 2. The van der Waals surface area contributed by atoms with E-state index in [1.54, 1.807) is 25.3 Å². The maximum absolute atomic E-state index is 12.5. The van der Waals surface area contributed by atoms with Crippen LogP contribution < -0.4 is 9.64 Å². The first-order valence-electron chi connectivity index (χ1n) is 7.25. The standard InChI is InChI=1S/C19H13NO3/c1-23-13-9-10-14-12(11-13)5-4-8-16(14)20-17-7-3-2-6-15(17)18(21)19(20)22/h2-11H,1H3. The van der Waals surface area contributed by atoms with Gasteiger partial charge < -0.3 is 4.74 Å². The first kappa shape index (κ1) is 13.5. The zero-order valence-electron chi connectivity index (χ0n) is 12.4. The molecular formula is C19H13NO3. The largest absolute Gasteiger partial charge is 0.497 e. The van der Waals surface area contributed by atoms with Crippen molar-refractivity contribution in [1.82, 2.24) is 0 Å². The molecule has 1 aliphatic rings. The molecule has 0 atom stereocenters. The molecule has 4 nitrogen and oxygen atoms in total. The van der Waals surface area contributed by atoms with Crippen LogP contribution in [0, 0.1) is 0 Å². The molecule has 0 unspecified atom stereocenters. The molecule has 1 aliphatic heterocycles. The van der Waals surface area contributed by atoms with Crippen LogP contribution in [0.4, 0.5) is 11.4 Å². The number of hydrogen-bond acceptors (Lipinski definition) is 3. The molecule has 0 radical (unpaired) electrons. The second kappa shape index (κ2) is 4.95. The van der Waals surface area contributed by atoms with Crippen LogP contribution in [-0.2, 0) is 4.79 Å². The Morgan fingerprint density at radius 1 is 0.870 bits per heavy atom. The van der Waals surface area contributed by atoms with Crippen molar-refractivity contribution in [3.05, 3.63) is 66.2 Å². The smallest absolute Gasteiger partial charge is 0.304 e. The van der Waals surface area contributed by atoms with Gasteiger partial charge in [-0.3, -0.25) is 14.5 Å². The monoisotopic (exact) mass is 303 g/mol. The van der Waals surface area contributed by atoms with E-state index >= 15 is 0 Å². The van der Waals surface area contributed by atoms with Crippen LogP contribution in [0.15, 0.2) is 60.7 Å². The summed E-state index contributed by atoms with van der Waals surface area (Å²) < 4.78 is 5.25. The van der Waals surface area contributed by atoms with Gasteiger partial charge in [0.05, 0.1) is 24.0 Å². The van der Waals surface area contributed by atoms with Crippen LogP contribution in [0.5, 0.6) is 5.75 Å². The molecule has 3 aromatic carbocycles. The van der Waals surface area contributed by atoms with E-state index in [2.05, 4.69) is 0 Å². The Hall–Kier alpha value is -3.14. The topological polar surface area (TPSA) is 46.6 Å². The summed E-state index contributed by atoms with van der Waals surface area (Å²) in [5, 5.41) is 1.85. The number of methoxy groups -OCH3 is 1. The van der Waals surface area contributed by atoms with Gasteiger partial charge in [-0.1, -0.05) is 24.3 Å². The summed E-state index contributed by atoms with van der Waals surface area (Å²) in [6.45, 7) is 0. The van der Waals surface area contributed by atoms with Gasteiger partial charge in [0.25, 0.3) is 5.78 Å². The Kier molecular flexibility index (Phi) is 2.91. The van der Waals surface area contributed by atoms with Gasteiger partial charge in [0, 0.05) is 5.39 Å². The fraction of sp³-hybridized carbons (Fsp3) is 0.0526. The second-order valence-electron chi connectivity index (χ2n) is 5.35. The lowest BCUT2D eigenvalue weighted by molar-refractivity contribution is -0.113. The molecule has 0 fully saturated rings. The van der Waals surface area contributed by atoms with Gasteiger partial charge >= 0.3 is 5.91 Å². The number of benzene rings is 3. The van der Waals surface area contributed by atoms with E-state index in [1.807, 2.05) is 42.5 Å². The van der Waals surface area contributed by atoms with Crippen molar-refractivity contribution in [2.24, 2.45) is 0 Å². The lowest BCUT2D eigenvalue weighted by Crippen LogP contribution is -2.24. The van der Waals surface area contributed by atoms with E-state index in [9.17, 15) is 9.59 Å². The van der Waals surface area contributed by atoms with Crippen LogP contribution in [0.3, 0.4) is 0 Å². The van der Waals surface area contributed by atoms with Crippen LogP contribution in [-0.4, -0.2) is 18.8 Å². The SMILES string of the molecule is COc1ccc2c(N3C(=O)C(=O)c4ccccc43)cccc2c1. The molecule has 1 amide bonds. The van der Waals surface area contributed by atoms with Gasteiger partial charge in [-0.2, -0.15) is 0 Å². The first-order chi connectivity index (χ1) is 11.2. The lowest BCUT2D eigenvalue weighted by Gasteiger charge is -2.19. The van der Waals surface area contributed by atoms with Gasteiger partial charge in [-0.25, -0.2) is 0 Å². The molecule has 3 aromatic rings. The van der Waals surface area contributed by atoms with Crippen LogP contribution in [0.2, 0.25) is 0 Å². The number of hydrogen-bond donors (Lipinski definition) is 0. The summed E-state index contributed by atoms with van der Waals surface area (Å²) in [4.78, 5) is 26.2. The summed E-state index contributed by atoms with van der Waals surface area (Å²) >= 11 is 0. The van der Waals surface area contributed by atoms with E-state index in [0.717, 1.165) is 16.5 Å². The summed E-state index contributed by atoms with van der Waals surface area (Å²) in [6.07, 6.45) is 0. The molecular weight excluding hydrogens is 290 g/mol. The fourth-order valence-corrected chi connectivity index (χ4v) is 2.99. The fourth-order valence-electron chi connectivity index (χ4n) is 2.99. The highest BCUT2D eigenvalue weighted by molar-refractivity contribution is 6.54. The Balaban J connectivity index is 1.96. The Bertz CT molecular complexity index is 962. The Morgan fingerprint density at radius 2 is 1.65 bits per heavy atom. The highest BCUT2D eigenvalue weighted by Gasteiger charge is 2.37. The molecule has 23 heavy (non-hydrogen) atoms. The first-order valence-corrected chi connectivity index (χ1v) is 7.25. The zero-order chi connectivity index (χ0) is 16.0. The van der Waals surface area contributed by atoms with Crippen molar-refractivity contribution in [2.45, 2.75) is 0 Å². The maximum Gasteiger partial charge on any atom is 0.304 e. The van der Waals surface area contributed by atoms with Crippen molar-refractivity contribution in [3.63, 3.8) is 0 Å². The normalized spacial score (nSPS) is 13.5. The molecule has 0 aliphatic carbocycles. The van der Waals surface area contributed by atoms with Crippen LogP contribution in [0.1, 0.15) is 10.4 Å². The molecule has 1 heterocycles. The number of amides is 1. The van der Waals surface area contributed by atoms with Crippen molar-refractivity contribution < 1.29 is 14.3 Å². The lowest BCUT2D eigenvalue weighted by atomic mass is 10.1. The van der Waals surface area contributed by atoms with Gasteiger partial charge in [0.2, 0.25) is 0 Å². The summed E-state index contributed by atoms with van der Waals surface area (Å²) in [7, 11) is 1.62. The van der Waals surface area contributed by atoms with E-state index in [0.29, 0.717) is 16.9 Å². The second-order valence-corrected chi connectivity index (χ2v) is 5.35. The third-order valence-electron chi connectivity index (χ3n) is 4.09. The predicted molar refractivity (Wildman–Crippen MR) is 88.4 cm³/mol. The van der Waals surface area contributed by atoms with E-state index in [4.69, 9.17) is 4.74 Å². The van der Waals surface area contributed by atoms with E-state index < -0.39 is 11.7 Å². The Morgan fingerprint density at radius 3 is 2.48 bits per heavy atom. The number of anilines is 2. The van der Waals surface area contributed by atoms with Crippen molar-refractivity contribution in [1.29, 1.82) is 0 Å².